The van der Waals surface area contributed by atoms with E-state index in [0.29, 0.717) is 10.5 Å². The predicted octanol–water partition coefficient (Wildman–Crippen LogP) is 3.14. The van der Waals surface area contributed by atoms with Crippen LogP contribution >= 0.6 is 11.6 Å². The Kier molecular flexibility index (Phi) is 2.83. The van der Waals surface area contributed by atoms with Crippen LogP contribution in [0.3, 0.4) is 0 Å². The third kappa shape index (κ3) is 1.76. The molecule has 0 fully saturated rings. The number of H-pyrrole nitrogens is 1. The van der Waals surface area contributed by atoms with Gasteiger partial charge in [0.2, 0.25) is 0 Å². The lowest BCUT2D eigenvalue weighted by Gasteiger charge is -1.97. The quantitative estimate of drug-likeness (QED) is 0.821. The summed E-state index contributed by atoms with van der Waals surface area (Å²) in [6.45, 7) is 1.97. The summed E-state index contributed by atoms with van der Waals surface area (Å²) in [6, 6.07) is 4.09. The predicted molar refractivity (Wildman–Crippen MR) is 59.2 cm³/mol. The smallest absolute Gasteiger partial charge is 0.354 e. The molecule has 2 aromatic rings. The van der Waals surface area contributed by atoms with Crippen molar-refractivity contribution in [3.63, 3.8) is 0 Å². The lowest BCUT2D eigenvalue weighted by molar-refractivity contribution is 0.0520. The Bertz CT molecular complexity index is 511. The van der Waals surface area contributed by atoms with Crippen molar-refractivity contribution in [2.75, 3.05) is 6.61 Å². The number of nitrogens with one attached hydrogen (secondary N) is 1. The highest BCUT2D eigenvalue weighted by Crippen LogP contribution is 2.26. The monoisotopic (exact) mass is 241 g/mol. The average Bonchev–Trinajstić information content (AvgIpc) is 2.70. The minimum Gasteiger partial charge on any atom is -0.461 e. The zero-order valence-corrected chi connectivity index (χ0v) is 9.27. The van der Waals surface area contributed by atoms with Gasteiger partial charge in [-0.25, -0.2) is 9.18 Å². The molecule has 0 radical (unpaired) electrons. The van der Waals surface area contributed by atoms with Gasteiger partial charge >= 0.3 is 5.97 Å². The van der Waals surface area contributed by atoms with E-state index in [1.807, 2.05) is 0 Å². The maximum Gasteiger partial charge on any atom is 0.354 e. The maximum absolute atomic E-state index is 13.4. The lowest BCUT2D eigenvalue weighted by Crippen LogP contribution is -2.04. The topological polar surface area (TPSA) is 42.1 Å². The zero-order valence-electron chi connectivity index (χ0n) is 8.51. The number of hydrogen-bond donors (Lipinski definition) is 1. The second-order valence-electron chi connectivity index (χ2n) is 3.22. The Morgan fingerprint density at radius 3 is 2.94 bits per heavy atom. The molecule has 0 aliphatic heterocycles. The van der Waals surface area contributed by atoms with Crippen LogP contribution in [0, 0.1) is 5.82 Å². The van der Waals surface area contributed by atoms with Crippen LogP contribution in [0.4, 0.5) is 4.39 Å². The van der Waals surface area contributed by atoms with Gasteiger partial charge in [-0.15, -0.1) is 0 Å². The molecule has 0 atom stereocenters. The molecule has 3 nitrogen and oxygen atoms in total. The number of carbonyl (C=O) groups excluding carboxylic acids is 1. The molecule has 0 bridgehead atoms. The summed E-state index contributed by atoms with van der Waals surface area (Å²) in [5, 5.41) is 0.655. The van der Waals surface area contributed by atoms with Crippen molar-refractivity contribution >= 4 is 28.5 Å². The van der Waals surface area contributed by atoms with Crippen molar-refractivity contribution < 1.29 is 13.9 Å². The van der Waals surface area contributed by atoms with E-state index >= 15 is 0 Å². The molecule has 1 heterocycles. The van der Waals surface area contributed by atoms with Crippen molar-refractivity contribution in [1.29, 1.82) is 0 Å². The summed E-state index contributed by atoms with van der Waals surface area (Å²) in [7, 11) is 0. The van der Waals surface area contributed by atoms with Crippen molar-refractivity contribution in [3.05, 3.63) is 34.7 Å². The molecule has 2 rings (SSSR count). The Morgan fingerprint density at radius 2 is 2.31 bits per heavy atom. The largest absolute Gasteiger partial charge is 0.461 e. The Hall–Kier alpha value is -1.55. The second-order valence-corrected chi connectivity index (χ2v) is 3.63. The number of aromatic amines is 1. The van der Waals surface area contributed by atoms with E-state index in [1.165, 1.54) is 18.2 Å². The molecule has 1 N–H and O–H groups in total. The standard InChI is InChI=1S/C11H9ClFNO2/c1-2-16-11(15)9-5-6-8(13)4-3-7(12)10(6)14-9/h3-5,14H,2H2,1H3. The van der Waals surface area contributed by atoms with Crippen LogP contribution in [0.15, 0.2) is 18.2 Å². The number of rotatable bonds is 2. The van der Waals surface area contributed by atoms with E-state index < -0.39 is 11.8 Å². The number of benzene rings is 1. The fourth-order valence-corrected chi connectivity index (χ4v) is 1.68. The van der Waals surface area contributed by atoms with Crippen LogP contribution in [0.25, 0.3) is 10.9 Å². The summed E-state index contributed by atoms with van der Waals surface area (Å²) >= 11 is 5.87. The van der Waals surface area contributed by atoms with Gasteiger partial charge in [0.25, 0.3) is 0 Å². The average molecular weight is 242 g/mol. The third-order valence-corrected chi connectivity index (χ3v) is 2.50. The highest BCUT2D eigenvalue weighted by molar-refractivity contribution is 6.35. The van der Waals surface area contributed by atoms with E-state index in [2.05, 4.69) is 4.98 Å². The Morgan fingerprint density at radius 1 is 1.56 bits per heavy atom. The molecule has 0 saturated carbocycles. The highest BCUT2D eigenvalue weighted by atomic mass is 35.5. The van der Waals surface area contributed by atoms with Crippen LogP contribution in [0.1, 0.15) is 17.4 Å². The van der Waals surface area contributed by atoms with Crippen LogP contribution < -0.4 is 0 Å². The summed E-state index contributed by atoms with van der Waals surface area (Å²) in [6.07, 6.45) is 0. The highest BCUT2D eigenvalue weighted by Gasteiger charge is 2.14. The van der Waals surface area contributed by atoms with Gasteiger partial charge in [0.15, 0.2) is 0 Å². The van der Waals surface area contributed by atoms with Gasteiger partial charge in [-0.3, -0.25) is 0 Å². The fourth-order valence-electron chi connectivity index (χ4n) is 1.47. The molecule has 0 aliphatic carbocycles. The van der Waals surface area contributed by atoms with Gasteiger partial charge in [-0.2, -0.15) is 0 Å². The molecule has 0 amide bonds. The molecule has 84 valence electrons. The molecule has 0 unspecified atom stereocenters. The molecule has 5 heteroatoms. The minimum absolute atomic E-state index is 0.198. The Labute approximate surface area is 96.2 Å². The summed E-state index contributed by atoms with van der Waals surface area (Å²) in [4.78, 5) is 14.2. The molecule has 16 heavy (non-hydrogen) atoms. The van der Waals surface area contributed by atoms with Gasteiger partial charge in [0.1, 0.15) is 11.5 Å². The Balaban J connectivity index is 2.55. The summed E-state index contributed by atoms with van der Waals surface area (Å²) < 4.78 is 18.2. The summed E-state index contributed by atoms with van der Waals surface area (Å²) in [5.74, 6) is -0.944. The zero-order chi connectivity index (χ0) is 11.7. The number of esters is 1. The molecule has 1 aromatic carbocycles. The fraction of sp³-hybridized carbons (Fsp3) is 0.182. The van der Waals surface area contributed by atoms with Gasteiger partial charge in [0, 0.05) is 5.39 Å². The van der Waals surface area contributed by atoms with Crippen molar-refractivity contribution in [3.8, 4) is 0 Å². The molecule has 0 saturated heterocycles. The second kappa shape index (κ2) is 4.14. The van der Waals surface area contributed by atoms with Crippen molar-refractivity contribution in [2.24, 2.45) is 0 Å². The van der Waals surface area contributed by atoms with Crippen LogP contribution in [-0.2, 0) is 4.74 Å². The third-order valence-electron chi connectivity index (χ3n) is 2.19. The van der Waals surface area contributed by atoms with Crippen molar-refractivity contribution in [2.45, 2.75) is 6.92 Å². The number of carbonyl (C=O) groups is 1. The number of halogens is 2. The molecular weight excluding hydrogens is 233 g/mol. The van der Waals surface area contributed by atoms with Crippen molar-refractivity contribution in [1.82, 2.24) is 4.98 Å². The van der Waals surface area contributed by atoms with Crippen LogP contribution in [0.2, 0.25) is 5.02 Å². The first-order valence-electron chi connectivity index (χ1n) is 4.77. The van der Waals surface area contributed by atoms with Crippen LogP contribution in [-0.4, -0.2) is 17.6 Å². The lowest BCUT2D eigenvalue weighted by atomic mass is 10.2. The minimum atomic E-state index is -0.519. The van der Waals surface area contributed by atoms with Gasteiger partial charge in [0.05, 0.1) is 17.1 Å². The maximum atomic E-state index is 13.4. The number of ether oxygens (including phenoxy) is 1. The van der Waals surface area contributed by atoms with Crippen LogP contribution in [0.5, 0.6) is 0 Å². The first-order valence-corrected chi connectivity index (χ1v) is 5.15. The molecule has 1 aromatic heterocycles. The SMILES string of the molecule is CCOC(=O)c1cc2c(F)ccc(Cl)c2[nH]1. The molecular formula is C11H9ClFNO2. The van der Waals surface area contributed by atoms with Gasteiger partial charge in [-0.05, 0) is 25.1 Å². The molecule has 0 spiro atoms. The number of aromatic nitrogens is 1. The first-order chi connectivity index (χ1) is 7.63. The van der Waals surface area contributed by atoms with E-state index in [4.69, 9.17) is 16.3 Å². The van der Waals surface area contributed by atoms with E-state index in [9.17, 15) is 9.18 Å². The van der Waals surface area contributed by atoms with E-state index in [-0.39, 0.29) is 17.7 Å². The molecule has 0 aliphatic rings. The number of hydrogen-bond acceptors (Lipinski definition) is 2. The summed E-state index contributed by atoms with van der Waals surface area (Å²) in [5.41, 5.74) is 0.605. The number of fused-ring (bicyclic) bond motifs is 1. The first kappa shape index (κ1) is 11.0. The van der Waals surface area contributed by atoms with E-state index in [0.717, 1.165) is 0 Å². The van der Waals surface area contributed by atoms with Gasteiger partial charge in [-0.1, -0.05) is 11.6 Å². The normalized spacial score (nSPS) is 10.7. The van der Waals surface area contributed by atoms with E-state index in [1.54, 1.807) is 6.92 Å². The van der Waals surface area contributed by atoms with Gasteiger partial charge < -0.3 is 9.72 Å².